The van der Waals surface area contributed by atoms with Crippen LogP contribution in [0.3, 0.4) is 0 Å². The van der Waals surface area contributed by atoms with E-state index in [-0.39, 0.29) is 6.61 Å². The van der Waals surface area contributed by atoms with E-state index < -0.39 is 0 Å². The number of anilines is 1. The van der Waals surface area contributed by atoms with Crippen LogP contribution in [0.1, 0.15) is 38.3 Å². The number of hydrogen-bond donors (Lipinski definition) is 1. The lowest BCUT2D eigenvalue weighted by molar-refractivity contribution is 0.277. The Morgan fingerprint density at radius 2 is 1.90 bits per heavy atom. The van der Waals surface area contributed by atoms with Crippen molar-refractivity contribution in [3.05, 3.63) is 36.0 Å². The van der Waals surface area contributed by atoms with E-state index >= 15 is 0 Å². The van der Waals surface area contributed by atoms with Crippen molar-refractivity contribution in [1.82, 2.24) is 4.98 Å². The highest BCUT2D eigenvalue weighted by Crippen LogP contribution is 2.32. The Bertz CT molecular complexity index is 618. The third-order valence-corrected chi connectivity index (χ3v) is 4.80. The number of aromatic nitrogens is 1. The van der Waals surface area contributed by atoms with Gasteiger partial charge in [-0.25, -0.2) is 4.98 Å². The molecule has 1 aromatic heterocycles. The van der Waals surface area contributed by atoms with Gasteiger partial charge in [0, 0.05) is 18.5 Å². The first-order chi connectivity index (χ1) is 10.2. The van der Waals surface area contributed by atoms with E-state index in [9.17, 15) is 5.11 Å². The Hall–Kier alpha value is -1.61. The molecule has 0 spiro atoms. The number of rotatable bonds is 3. The minimum atomic E-state index is -0.00657. The predicted molar refractivity (Wildman–Crippen MR) is 87.5 cm³/mol. The summed E-state index contributed by atoms with van der Waals surface area (Å²) in [6, 6.07) is 10.9. The smallest absolute Gasteiger partial charge is 0.136 e. The summed E-state index contributed by atoms with van der Waals surface area (Å²) >= 11 is 0. The number of aliphatic hydroxyl groups is 1. The molecule has 21 heavy (non-hydrogen) atoms. The van der Waals surface area contributed by atoms with Crippen LogP contribution in [0.5, 0.6) is 0 Å². The van der Waals surface area contributed by atoms with Crippen LogP contribution in [0.25, 0.3) is 10.8 Å². The monoisotopic (exact) mass is 284 g/mol. The molecule has 1 saturated carbocycles. The summed E-state index contributed by atoms with van der Waals surface area (Å²) in [5, 5.41) is 11.8. The summed E-state index contributed by atoms with van der Waals surface area (Å²) in [6.45, 7) is 2.34. The summed E-state index contributed by atoms with van der Waals surface area (Å²) in [5.41, 5.74) is 0.750. The molecule has 1 fully saturated rings. The maximum absolute atomic E-state index is 9.47. The number of hydrogen-bond acceptors (Lipinski definition) is 3. The number of benzene rings is 1. The Labute approximate surface area is 126 Å². The zero-order chi connectivity index (χ0) is 14.8. The highest BCUT2D eigenvalue weighted by molar-refractivity contribution is 5.92. The van der Waals surface area contributed by atoms with Crippen LogP contribution >= 0.6 is 0 Å². The van der Waals surface area contributed by atoms with Crippen LogP contribution in [-0.4, -0.2) is 23.2 Å². The average Bonchev–Trinajstić information content (AvgIpc) is 2.53. The summed E-state index contributed by atoms with van der Waals surface area (Å²) in [7, 11) is 2.15. The van der Waals surface area contributed by atoms with Gasteiger partial charge in [0.15, 0.2) is 0 Å². The van der Waals surface area contributed by atoms with Gasteiger partial charge in [0.05, 0.1) is 12.3 Å². The molecule has 1 aliphatic rings. The third kappa shape index (κ3) is 2.88. The van der Waals surface area contributed by atoms with Gasteiger partial charge in [0.1, 0.15) is 5.82 Å². The SMILES string of the molecule is CC1CCC(N(C)c2nc(CO)cc3ccccc23)CC1. The number of nitrogens with zero attached hydrogens (tertiary/aromatic N) is 2. The van der Waals surface area contributed by atoms with Crippen LogP contribution in [-0.2, 0) is 6.61 Å². The average molecular weight is 284 g/mol. The molecule has 0 atom stereocenters. The van der Waals surface area contributed by atoms with Gasteiger partial charge in [-0.1, -0.05) is 31.2 Å². The van der Waals surface area contributed by atoms with E-state index in [2.05, 4.69) is 42.1 Å². The molecule has 0 radical (unpaired) electrons. The van der Waals surface area contributed by atoms with Crippen molar-refractivity contribution in [2.45, 2.75) is 45.3 Å². The minimum absolute atomic E-state index is 0.00657. The Balaban J connectivity index is 1.98. The van der Waals surface area contributed by atoms with Crippen LogP contribution < -0.4 is 4.90 Å². The second-order valence-electron chi connectivity index (χ2n) is 6.34. The third-order valence-electron chi connectivity index (χ3n) is 4.80. The fourth-order valence-electron chi connectivity index (χ4n) is 3.39. The lowest BCUT2D eigenvalue weighted by atomic mass is 9.86. The molecule has 0 saturated heterocycles. The first-order valence-corrected chi connectivity index (χ1v) is 7.91. The van der Waals surface area contributed by atoms with Crippen molar-refractivity contribution >= 4 is 16.6 Å². The van der Waals surface area contributed by atoms with Crippen molar-refractivity contribution in [3.8, 4) is 0 Å². The lowest BCUT2D eigenvalue weighted by Crippen LogP contribution is -2.35. The largest absolute Gasteiger partial charge is 0.390 e. The zero-order valence-electron chi connectivity index (χ0n) is 12.9. The summed E-state index contributed by atoms with van der Waals surface area (Å²) < 4.78 is 0. The van der Waals surface area contributed by atoms with Crippen LogP contribution in [0.15, 0.2) is 30.3 Å². The maximum atomic E-state index is 9.47. The molecule has 1 aromatic carbocycles. The van der Waals surface area contributed by atoms with Crippen LogP contribution in [0, 0.1) is 5.92 Å². The van der Waals surface area contributed by atoms with Gasteiger partial charge >= 0.3 is 0 Å². The molecule has 0 amide bonds. The fraction of sp³-hybridized carbons (Fsp3) is 0.500. The Morgan fingerprint density at radius 3 is 2.62 bits per heavy atom. The minimum Gasteiger partial charge on any atom is -0.390 e. The molecule has 0 unspecified atom stereocenters. The second kappa shape index (κ2) is 6.02. The van der Waals surface area contributed by atoms with Gasteiger partial charge < -0.3 is 10.0 Å². The van der Waals surface area contributed by atoms with E-state index in [4.69, 9.17) is 0 Å². The first-order valence-electron chi connectivity index (χ1n) is 7.91. The normalized spacial score (nSPS) is 22.4. The number of aliphatic hydroxyl groups excluding tert-OH is 1. The Morgan fingerprint density at radius 1 is 1.19 bits per heavy atom. The molecule has 1 N–H and O–H groups in total. The quantitative estimate of drug-likeness (QED) is 0.932. The van der Waals surface area contributed by atoms with Gasteiger partial charge in [-0.15, -0.1) is 0 Å². The highest BCUT2D eigenvalue weighted by atomic mass is 16.3. The van der Waals surface area contributed by atoms with E-state index in [0.717, 1.165) is 22.8 Å². The Kier molecular flexibility index (Phi) is 4.11. The van der Waals surface area contributed by atoms with Gasteiger partial charge in [0.2, 0.25) is 0 Å². The van der Waals surface area contributed by atoms with Gasteiger partial charge in [-0.05, 0) is 43.1 Å². The molecule has 3 rings (SSSR count). The number of fused-ring (bicyclic) bond motifs is 1. The van der Waals surface area contributed by atoms with E-state index in [1.807, 2.05) is 12.1 Å². The van der Waals surface area contributed by atoms with E-state index in [1.54, 1.807) is 0 Å². The van der Waals surface area contributed by atoms with Gasteiger partial charge in [-0.2, -0.15) is 0 Å². The molecule has 0 aliphatic heterocycles. The molecule has 3 heteroatoms. The van der Waals surface area contributed by atoms with Crippen LogP contribution in [0.2, 0.25) is 0 Å². The van der Waals surface area contributed by atoms with E-state index in [1.165, 1.54) is 31.1 Å². The standard InChI is InChI=1S/C18H24N2O/c1-13-7-9-16(10-8-13)20(2)18-17-6-4-3-5-14(17)11-15(12-21)19-18/h3-6,11,13,16,21H,7-10,12H2,1-2H3. The molecular weight excluding hydrogens is 260 g/mol. The molecule has 112 valence electrons. The summed E-state index contributed by atoms with van der Waals surface area (Å²) in [5.74, 6) is 1.86. The zero-order valence-corrected chi connectivity index (χ0v) is 12.9. The topological polar surface area (TPSA) is 36.4 Å². The summed E-state index contributed by atoms with van der Waals surface area (Å²) in [6.07, 6.45) is 5.06. The van der Waals surface area contributed by atoms with Crippen molar-refractivity contribution < 1.29 is 5.11 Å². The van der Waals surface area contributed by atoms with Crippen molar-refractivity contribution in [2.24, 2.45) is 5.92 Å². The molecule has 1 aliphatic carbocycles. The summed E-state index contributed by atoms with van der Waals surface area (Å²) in [4.78, 5) is 7.02. The fourth-order valence-corrected chi connectivity index (χ4v) is 3.39. The van der Waals surface area contributed by atoms with Crippen molar-refractivity contribution in [1.29, 1.82) is 0 Å². The lowest BCUT2D eigenvalue weighted by Gasteiger charge is -2.35. The number of pyridine rings is 1. The van der Waals surface area contributed by atoms with Crippen LogP contribution in [0.4, 0.5) is 5.82 Å². The molecule has 1 heterocycles. The molecule has 0 bridgehead atoms. The van der Waals surface area contributed by atoms with Gasteiger partial charge in [0.25, 0.3) is 0 Å². The first kappa shape index (κ1) is 14.3. The van der Waals surface area contributed by atoms with Crippen molar-refractivity contribution in [3.63, 3.8) is 0 Å². The predicted octanol–water partition coefficient (Wildman–Crippen LogP) is 3.74. The van der Waals surface area contributed by atoms with Gasteiger partial charge in [-0.3, -0.25) is 0 Å². The van der Waals surface area contributed by atoms with E-state index in [0.29, 0.717) is 6.04 Å². The van der Waals surface area contributed by atoms with Crippen molar-refractivity contribution in [2.75, 3.05) is 11.9 Å². The second-order valence-corrected chi connectivity index (χ2v) is 6.34. The molecule has 2 aromatic rings. The highest BCUT2D eigenvalue weighted by Gasteiger charge is 2.23. The maximum Gasteiger partial charge on any atom is 0.136 e. The molecule has 3 nitrogen and oxygen atoms in total. The molecular formula is C18H24N2O.